The summed E-state index contributed by atoms with van der Waals surface area (Å²) in [6, 6.07) is 7.90. The lowest BCUT2D eigenvalue weighted by Gasteiger charge is -2.27. The van der Waals surface area contributed by atoms with Crippen LogP contribution in [-0.4, -0.2) is 43.3 Å². The average molecular weight is 270 g/mol. The minimum atomic E-state index is 0.796. The van der Waals surface area contributed by atoms with Crippen molar-refractivity contribution in [1.82, 2.24) is 15.3 Å². The van der Waals surface area contributed by atoms with Crippen LogP contribution in [0, 0.1) is 0 Å². The highest BCUT2D eigenvalue weighted by Gasteiger charge is 2.13. The number of nitrogens with zero attached hydrogens (tertiary/aromatic N) is 3. The van der Waals surface area contributed by atoms with Crippen LogP contribution in [0.25, 0.3) is 11.1 Å². The Morgan fingerprint density at radius 1 is 1.10 bits per heavy atom. The highest BCUT2D eigenvalue weighted by Crippen LogP contribution is 2.28. The van der Waals surface area contributed by atoms with E-state index in [-0.39, 0.29) is 0 Å². The molecule has 1 saturated heterocycles. The highest BCUT2D eigenvalue weighted by atomic mass is 16.5. The van der Waals surface area contributed by atoms with Gasteiger partial charge in [0.25, 0.3) is 0 Å². The highest BCUT2D eigenvalue weighted by molar-refractivity contribution is 5.69. The van der Waals surface area contributed by atoms with Gasteiger partial charge in [-0.05, 0) is 6.07 Å². The molecule has 1 fully saturated rings. The summed E-state index contributed by atoms with van der Waals surface area (Å²) in [5.74, 6) is 1.64. The zero-order valence-corrected chi connectivity index (χ0v) is 11.5. The predicted octanol–water partition coefficient (Wildman–Crippen LogP) is 1.56. The molecule has 1 aromatic carbocycles. The monoisotopic (exact) mass is 270 g/mol. The molecule has 5 nitrogen and oxygen atoms in total. The van der Waals surface area contributed by atoms with E-state index in [0.717, 1.165) is 49.0 Å². The SMILES string of the molecule is COc1ccccc1-c1cnc(N2CCNCC2)nc1. The zero-order valence-electron chi connectivity index (χ0n) is 11.5. The first-order valence-electron chi connectivity index (χ1n) is 6.79. The van der Waals surface area contributed by atoms with Crippen molar-refractivity contribution in [3.05, 3.63) is 36.7 Å². The molecule has 2 aromatic rings. The van der Waals surface area contributed by atoms with E-state index in [1.807, 2.05) is 36.7 Å². The lowest BCUT2D eigenvalue weighted by Crippen LogP contribution is -2.44. The third-order valence-electron chi connectivity index (χ3n) is 3.46. The molecule has 5 heteroatoms. The normalized spacial score (nSPS) is 15.2. The van der Waals surface area contributed by atoms with Crippen LogP contribution >= 0.6 is 0 Å². The number of aromatic nitrogens is 2. The van der Waals surface area contributed by atoms with Crippen molar-refractivity contribution in [1.29, 1.82) is 0 Å². The van der Waals surface area contributed by atoms with Gasteiger partial charge in [-0.1, -0.05) is 18.2 Å². The van der Waals surface area contributed by atoms with Crippen molar-refractivity contribution in [2.24, 2.45) is 0 Å². The standard InChI is InChI=1S/C15H18N4O/c1-20-14-5-3-2-4-13(14)12-10-17-15(18-11-12)19-8-6-16-7-9-19/h2-5,10-11,16H,6-9H2,1H3. The number of para-hydroxylation sites is 1. The Bertz CT molecular complexity index is 564. The van der Waals surface area contributed by atoms with Crippen LogP contribution < -0.4 is 15.0 Å². The van der Waals surface area contributed by atoms with Gasteiger partial charge in [0.2, 0.25) is 5.95 Å². The van der Waals surface area contributed by atoms with E-state index in [9.17, 15) is 0 Å². The first-order valence-corrected chi connectivity index (χ1v) is 6.79. The van der Waals surface area contributed by atoms with Gasteiger partial charge in [-0.3, -0.25) is 0 Å². The molecule has 1 aromatic heterocycles. The molecule has 0 saturated carbocycles. The molecule has 0 atom stereocenters. The first-order chi connectivity index (χ1) is 9.88. The van der Waals surface area contributed by atoms with Crippen LogP contribution in [0.15, 0.2) is 36.7 Å². The topological polar surface area (TPSA) is 50.3 Å². The number of nitrogens with one attached hydrogen (secondary N) is 1. The molecule has 0 amide bonds. The maximum Gasteiger partial charge on any atom is 0.225 e. The lowest BCUT2D eigenvalue weighted by molar-refractivity contribution is 0.416. The Morgan fingerprint density at radius 2 is 1.80 bits per heavy atom. The number of ether oxygens (including phenoxy) is 1. The maximum absolute atomic E-state index is 5.37. The fourth-order valence-electron chi connectivity index (χ4n) is 2.37. The van der Waals surface area contributed by atoms with Gasteiger partial charge in [0.15, 0.2) is 0 Å². The van der Waals surface area contributed by atoms with Gasteiger partial charge in [0.05, 0.1) is 7.11 Å². The van der Waals surface area contributed by atoms with Crippen LogP contribution in [0.3, 0.4) is 0 Å². The second kappa shape index (κ2) is 5.88. The summed E-state index contributed by atoms with van der Waals surface area (Å²) in [7, 11) is 1.68. The molecule has 20 heavy (non-hydrogen) atoms. The maximum atomic E-state index is 5.37. The fourth-order valence-corrected chi connectivity index (χ4v) is 2.37. The molecule has 0 aliphatic carbocycles. The summed E-state index contributed by atoms with van der Waals surface area (Å²) >= 11 is 0. The quantitative estimate of drug-likeness (QED) is 0.917. The number of methoxy groups -OCH3 is 1. The van der Waals surface area contributed by atoms with Crippen molar-refractivity contribution in [2.75, 3.05) is 38.2 Å². The first kappa shape index (κ1) is 12.9. The van der Waals surface area contributed by atoms with Gasteiger partial charge < -0.3 is 15.0 Å². The molecule has 0 radical (unpaired) electrons. The molecule has 3 rings (SSSR count). The van der Waals surface area contributed by atoms with Gasteiger partial charge in [-0.15, -0.1) is 0 Å². The minimum Gasteiger partial charge on any atom is -0.496 e. The van der Waals surface area contributed by atoms with Crippen LogP contribution in [0.2, 0.25) is 0 Å². The van der Waals surface area contributed by atoms with E-state index in [1.165, 1.54) is 0 Å². The molecule has 0 spiro atoms. The Labute approximate surface area is 118 Å². The Kier molecular flexibility index (Phi) is 3.78. The van der Waals surface area contributed by atoms with Gasteiger partial charge in [-0.25, -0.2) is 9.97 Å². The molecule has 1 aliphatic rings. The second-order valence-corrected chi connectivity index (χ2v) is 4.71. The van der Waals surface area contributed by atoms with Crippen molar-refractivity contribution >= 4 is 5.95 Å². The van der Waals surface area contributed by atoms with Gasteiger partial charge in [-0.2, -0.15) is 0 Å². The van der Waals surface area contributed by atoms with Crippen LogP contribution in [0.4, 0.5) is 5.95 Å². The number of hydrogen-bond donors (Lipinski definition) is 1. The largest absolute Gasteiger partial charge is 0.496 e. The average Bonchev–Trinajstić information content (AvgIpc) is 2.56. The fraction of sp³-hybridized carbons (Fsp3) is 0.333. The van der Waals surface area contributed by atoms with E-state index >= 15 is 0 Å². The van der Waals surface area contributed by atoms with E-state index < -0.39 is 0 Å². The molecule has 1 N–H and O–H groups in total. The van der Waals surface area contributed by atoms with Crippen LogP contribution in [0.1, 0.15) is 0 Å². The van der Waals surface area contributed by atoms with Crippen molar-refractivity contribution in [3.63, 3.8) is 0 Å². The number of rotatable bonds is 3. The zero-order chi connectivity index (χ0) is 13.8. The van der Waals surface area contributed by atoms with Crippen LogP contribution in [0.5, 0.6) is 5.75 Å². The Hall–Kier alpha value is -2.14. The molecule has 0 unspecified atom stereocenters. The number of hydrogen-bond acceptors (Lipinski definition) is 5. The molecule has 0 bridgehead atoms. The smallest absolute Gasteiger partial charge is 0.225 e. The number of benzene rings is 1. The van der Waals surface area contributed by atoms with E-state index in [1.54, 1.807) is 7.11 Å². The summed E-state index contributed by atoms with van der Waals surface area (Å²) in [5, 5.41) is 3.32. The van der Waals surface area contributed by atoms with E-state index in [0.29, 0.717) is 0 Å². The lowest BCUT2D eigenvalue weighted by atomic mass is 10.1. The summed E-state index contributed by atoms with van der Waals surface area (Å²) in [4.78, 5) is 11.2. The molecule has 2 heterocycles. The minimum absolute atomic E-state index is 0.796. The molecular weight excluding hydrogens is 252 g/mol. The molecule has 1 aliphatic heterocycles. The van der Waals surface area contributed by atoms with Gasteiger partial charge in [0.1, 0.15) is 5.75 Å². The van der Waals surface area contributed by atoms with Crippen LogP contribution in [-0.2, 0) is 0 Å². The van der Waals surface area contributed by atoms with Crippen molar-refractivity contribution in [2.45, 2.75) is 0 Å². The third-order valence-corrected chi connectivity index (χ3v) is 3.46. The Balaban J connectivity index is 1.85. The van der Waals surface area contributed by atoms with E-state index in [2.05, 4.69) is 20.2 Å². The number of anilines is 1. The van der Waals surface area contributed by atoms with Gasteiger partial charge >= 0.3 is 0 Å². The summed E-state index contributed by atoms with van der Waals surface area (Å²) in [6.07, 6.45) is 3.73. The summed E-state index contributed by atoms with van der Waals surface area (Å²) in [6.45, 7) is 3.87. The van der Waals surface area contributed by atoms with Crippen molar-refractivity contribution < 1.29 is 4.74 Å². The predicted molar refractivity (Wildman–Crippen MR) is 79.1 cm³/mol. The summed E-state index contributed by atoms with van der Waals surface area (Å²) in [5.41, 5.74) is 1.99. The molecule has 104 valence electrons. The van der Waals surface area contributed by atoms with Gasteiger partial charge in [0, 0.05) is 49.7 Å². The number of piperazine rings is 1. The Morgan fingerprint density at radius 3 is 2.50 bits per heavy atom. The van der Waals surface area contributed by atoms with E-state index in [4.69, 9.17) is 4.74 Å². The molecular formula is C15H18N4O. The second-order valence-electron chi connectivity index (χ2n) is 4.71. The third kappa shape index (κ3) is 2.58. The van der Waals surface area contributed by atoms with Crippen molar-refractivity contribution in [3.8, 4) is 16.9 Å². The summed E-state index contributed by atoms with van der Waals surface area (Å²) < 4.78 is 5.37.